The van der Waals surface area contributed by atoms with Gasteiger partial charge in [0.25, 0.3) is 0 Å². The predicted octanol–water partition coefficient (Wildman–Crippen LogP) is 0.736. The molecule has 1 saturated heterocycles. The van der Waals surface area contributed by atoms with Gasteiger partial charge >= 0.3 is 0 Å². The SMILES string of the molecule is CC(N)C(=O)N1CCC2(CCC2)C1. The minimum absolute atomic E-state index is 0.128. The number of nitrogens with two attached hydrogens (primary N) is 1. The summed E-state index contributed by atoms with van der Waals surface area (Å²) in [6.07, 6.45) is 5.18. The van der Waals surface area contributed by atoms with Crippen molar-refractivity contribution in [1.29, 1.82) is 0 Å². The van der Waals surface area contributed by atoms with Crippen molar-refractivity contribution in [3.8, 4) is 0 Å². The topological polar surface area (TPSA) is 46.3 Å². The zero-order valence-corrected chi connectivity index (χ0v) is 8.25. The average molecular weight is 182 g/mol. The normalized spacial score (nSPS) is 27.4. The van der Waals surface area contributed by atoms with Crippen molar-refractivity contribution < 1.29 is 4.79 Å². The molecular weight excluding hydrogens is 164 g/mol. The van der Waals surface area contributed by atoms with Crippen LogP contribution in [0.15, 0.2) is 0 Å². The fourth-order valence-corrected chi connectivity index (χ4v) is 2.50. The molecule has 1 amide bonds. The van der Waals surface area contributed by atoms with Gasteiger partial charge in [-0.15, -0.1) is 0 Å². The molecule has 1 heterocycles. The molecule has 1 unspecified atom stereocenters. The maximum Gasteiger partial charge on any atom is 0.239 e. The quantitative estimate of drug-likeness (QED) is 0.650. The molecule has 2 fully saturated rings. The number of likely N-dealkylation sites (tertiary alicyclic amines) is 1. The summed E-state index contributed by atoms with van der Waals surface area (Å²) >= 11 is 0. The summed E-state index contributed by atoms with van der Waals surface area (Å²) in [4.78, 5) is 13.5. The highest BCUT2D eigenvalue weighted by Gasteiger charge is 2.44. The molecule has 0 aromatic rings. The van der Waals surface area contributed by atoms with E-state index in [2.05, 4.69) is 0 Å². The molecular formula is C10H18N2O. The lowest BCUT2D eigenvalue weighted by atomic mass is 9.68. The van der Waals surface area contributed by atoms with Crippen LogP contribution in [-0.2, 0) is 4.79 Å². The predicted molar refractivity (Wildman–Crippen MR) is 51.1 cm³/mol. The Kier molecular flexibility index (Phi) is 2.06. The third-order valence-corrected chi connectivity index (χ3v) is 3.55. The molecule has 0 aromatic heterocycles. The molecule has 3 heteroatoms. The van der Waals surface area contributed by atoms with E-state index < -0.39 is 0 Å². The van der Waals surface area contributed by atoms with Gasteiger partial charge in [-0.3, -0.25) is 4.79 Å². The molecule has 74 valence electrons. The van der Waals surface area contributed by atoms with E-state index in [1.807, 2.05) is 4.90 Å². The Balaban J connectivity index is 1.94. The minimum atomic E-state index is -0.324. The smallest absolute Gasteiger partial charge is 0.239 e. The largest absolute Gasteiger partial charge is 0.341 e. The first-order valence-electron chi connectivity index (χ1n) is 5.17. The summed E-state index contributed by atoms with van der Waals surface area (Å²) in [6.45, 7) is 3.67. The summed E-state index contributed by atoms with van der Waals surface area (Å²) in [6, 6.07) is -0.324. The maximum absolute atomic E-state index is 11.6. The van der Waals surface area contributed by atoms with Crippen LogP contribution >= 0.6 is 0 Å². The number of rotatable bonds is 1. The Labute approximate surface area is 79.3 Å². The monoisotopic (exact) mass is 182 g/mol. The Morgan fingerprint density at radius 2 is 2.15 bits per heavy atom. The van der Waals surface area contributed by atoms with Crippen LogP contribution in [0.5, 0.6) is 0 Å². The Bertz CT molecular complexity index is 221. The fourth-order valence-electron chi connectivity index (χ4n) is 2.50. The molecule has 2 N–H and O–H groups in total. The van der Waals surface area contributed by atoms with Gasteiger partial charge in [0.15, 0.2) is 0 Å². The molecule has 1 atom stereocenters. The zero-order chi connectivity index (χ0) is 9.47. The third-order valence-electron chi connectivity index (χ3n) is 3.55. The molecule has 0 bridgehead atoms. The van der Waals surface area contributed by atoms with E-state index in [0.717, 1.165) is 13.1 Å². The third kappa shape index (κ3) is 1.46. The number of amides is 1. The van der Waals surface area contributed by atoms with Crippen LogP contribution in [0.25, 0.3) is 0 Å². The van der Waals surface area contributed by atoms with Crippen LogP contribution in [0.1, 0.15) is 32.6 Å². The number of hydrogen-bond acceptors (Lipinski definition) is 2. The maximum atomic E-state index is 11.6. The van der Waals surface area contributed by atoms with Crippen molar-refractivity contribution in [2.24, 2.45) is 11.1 Å². The van der Waals surface area contributed by atoms with Crippen LogP contribution < -0.4 is 5.73 Å². The first kappa shape index (κ1) is 9.00. The van der Waals surface area contributed by atoms with Crippen molar-refractivity contribution in [1.82, 2.24) is 4.90 Å². The standard InChI is InChI=1S/C10H18N2O/c1-8(11)9(13)12-6-5-10(7-12)3-2-4-10/h8H,2-7,11H2,1H3. The summed E-state index contributed by atoms with van der Waals surface area (Å²) in [5, 5.41) is 0. The average Bonchev–Trinajstić information content (AvgIpc) is 2.45. The van der Waals surface area contributed by atoms with E-state index in [0.29, 0.717) is 5.41 Å². The van der Waals surface area contributed by atoms with E-state index in [1.54, 1.807) is 6.92 Å². The minimum Gasteiger partial charge on any atom is -0.341 e. The van der Waals surface area contributed by atoms with Crippen molar-refractivity contribution in [3.63, 3.8) is 0 Å². The van der Waals surface area contributed by atoms with Crippen LogP contribution in [0.4, 0.5) is 0 Å². The van der Waals surface area contributed by atoms with Crippen LogP contribution in [-0.4, -0.2) is 29.9 Å². The number of hydrogen-bond donors (Lipinski definition) is 1. The molecule has 2 aliphatic rings. The zero-order valence-electron chi connectivity index (χ0n) is 8.25. The molecule has 2 rings (SSSR count). The molecule has 1 aliphatic carbocycles. The van der Waals surface area contributed by atoms with Gasteiger partial charge in [-0.2, -0.15) is 0 Å². The summed E-state index contributed by atoms with van der Waals surface area (Å²) in [7, 11) is 0. The molecule has 1 saturated carbocycles. The van der Waals surface area contributed by atoms with Gasteiger partial charge in [-0.1, -0.05) is 6.42 Å². The van der Waals surface area contributed by atoms with Gasteiger partial charge in [0, 0.05) is 13.1 Å². The highest BCUT2D eigenvalue weighted by Crippen LogP contribution is 2.47. The van der Waals surface area contributed by atoms with E-state index in [4.69, 9.17) is 5.73 Å². The van der Waals surface area contributed by atoms with Crippen molar-refractivity contribution in [2.45, 2.75) is 38.6 Å². The van der Waals surface area contributed by atoms with Gasteiger partial charge in [-0.25, -0.2) is 0 Å². The Morgan fingerprint density at radius 3 is 2.54 bits per heavy atom. The van der Waals surface area contributed by atoms with Crippen LogP contribution in [0.2, 0.25) is 0 Å². The van der Waals surface area contributed by atoms with E-state index in [-0.39, 0.29) is 11.9 Å². The van der Waals surface area contributed by atoms with Gasteiger partial charge < -0.3 is 10.6 Å². The van der Waals surface area contributed by atoms with Gasteiger partial charge in [-0.05, 0) is 31.6 Å². The molecule has 0 radical (unpaired) electrons. The van der Waals surface area contributed by atoms with E-state index >= 15 is 0 Å². The summed E-state index contributed by atoms with van der Waals surface area (Å²) < 4.78 is 0. The fraction of sp³-hybridized carbons (Fsp3) is 0.900. The van der Waals surface area contributed by atoms with Gasteiger partial charge in [0.1, 0.15) is 0 Å². The highest BCUT2D eigenvalue weighted by atomic mass is 16.2. The van der Waals surface area contributed by atoms with Crippen molar-refractivity contribution >= 4 is 5.91 Å². The highest BCUT2D eigenvalue weighted by molar-refractivity contribution is 5.81. The van der Waals surface area contributed by atoms with Crippen LogP contribution in [0.3, 0.4) is 0 Å². The first-order valence-corrected chi connectivity index (χ1v) is 5.17. The Hall–Kier alpha value is -0.570. The number of nitrogens with zero attached hydrogens (tertiary/aromatic N) is 1. The molecule has 3 nitrogen and oxygen atoms in total. The number of carbonyl (C=O) groups excluding carboxylic acids is 1. The van der Waals surface area contributed by atoms with Crippen molar-refractivity contribution in [2.75, 3.05) is 13.1 Å². The number of carbonyl (C=O) groups is 1. The van der Waals surface area contributed by atoms with Crippen molar-refractivity contribution in [3.05, 3.63) is 0 Å². The molecule has 0 aromatic carbocycles. The lowest BCUT2D eigenvalue weighted by Gasteiger charge is -2.38. The first-order chi connectivity index (χ1) is 6.13. The van der Waals surface area contributed by atoms with Crippen LogP contribution in [0, 0.1) is 5.41 Å². The second-order valence-electron chi connectivity index (χ2n) is 4.65. The second kappa shape index (κ2) is 2.98. The van der Waals surface area contributed by atoms with E-state index in [9.17, 15) is 4.79 Å². The molecule has 13 heavy (non-hydrogen) atoms. The Morgan fingerprint density at radius 1 is 1.46 bits per heavy atom. The lowest BCUT2D eigenvalue weighted by Crippen LogP contribution is -2.42. The second-order valence-corrected chi connectivity index (χ2v) is 4.65. The molecule has 1 spiro atoms. The van der Waals surface area contributed by atoms with Gasteiger partial charge in [0.05, 0.1) is 6.04 Å². The summed E-state index contributed by atoms with van der Waals surface area (Å²) in [5.41, 5.74) is 6.08. The summed E-state index contributed by atoms with van der Waals surface area (Å²) in [5.74, 6) is 0.128. The molecule has 1 aliphatic heterocycles. The van der Waals surface area contributed by atoms with E-state index in [1.165, 1.54) is 25.7 Å². The lowest BCUT2D eigenvalue weighted by molar-refractivity contribution is -0.131. The van der Waals surface area contributed by atoms with Gasteiger partial charge in [0.2, 0.25) is 5.91 Å².